The number of carbonyl (C=O) groups excluding carboxylic acids is 2. The third-order valence-corrected chi connectivity index (χ3v) is 4.28. The van der Waals surface area contributed by atoms with Gasteiger partial charge >= 0.3 is 5.97 Å². The standard InChI is InChI=1S/C21H18ClN3O4/c1-2-29-21(28)16-5-3-4-6-17(16)24-19(26)12-25-13-23-18(11-20(25)27)14-7-9-15(22)10-8-14/h3-11,13H,2,12H2,1H3,(H,24,26). The molecule has 2 aromatic carbocycles. The molecule has 0 aliphatic carbocycles. The molecule has 0 spiro atoms. The summed E-state index contributed by atoms with van der Waals surface area (Å²) < 4.78 is 6.17. The maximum Gasteiger partial charge on any atom is 0.340 e. The number of rotatable bonds is 6. The van der Waals surface area contributed by atoms with Crippen molar-refractivity contribution in [3.63, 3.8) is 0 Å². The molecule has 8 heteroatoms. The number of amides is 1. The van der Waals surface area contributed by atoms with Gasteiger partial charge in [-0.1, -0.05) is 35.9 Å². The Morgan fingerprint density at radius 3 is 2.55 bits per heavy atom. The van der Waals surface area contributed by atoms with Crippen LogP contribution in [0.2, 0.25) is 5.02 Å². The highest BCUT2D eigenvalue weighted by atomic mass is 35.5. The quantitative estimate of drug-likeness (QED) is 0.628. The lowest BCUT2D eigenvalue weighted by Gasteiger charge is -2.11. The average molecular weight is 412 g/mol. The van der Waals surface area contributed by atoms with Crippen LogP contribution in [-0.2, 0) is 16.1 Å². The number of hydrogen-bond donors (Lipinski definition) is 1. The second kappa shape index (κ2) is 9.16. The molecule has 0 aliphatic heterocycles. The number of para-hydroxylation sites is 1. The number of benzene rings is 2. The molecule has 0 fully saturated rings. The van der Waals surface area contributed by atoms with Crippen LogP contribution in [0.15, 0.2) is 65.7 Å². The van der Waals surface area contributed by atoms with Crippen molar-refractivity contribution in [2.45, 2.75) is 13.5 Å². The molecule has 1 N–H and O–H groups in total. The van der Waals surface area contributed by atoms with E-state index >= 15 is 0 Å². The maximum atomic E-state index is 12.4. The van der Waals surface area contributed by atoms with Gasteiger partial charge in [-0.2, -0.15) is 0 Å². The second-order valence-corrected chi connectivity index (χ2v) is 6.50. The van der Waals surface area contributed by atoms with Crippen molar-refractivity contribution in [1.29, 1.82) is 0 Å². The van der Waals surface area contributed by atoms with E-state index in [-0.39, 0.29) is 24.3 Å². The first kappa shape index (κ1) is 20.3. The van der Waals surface area contributed by atoms with Crippen molar-refractivity contribution < 1.29 is 14.3 Å². The Kier molecular flexibility index (Phi) is 6.41. The minimum atomic E-state index is -0.533. The van der Waals surface area contributed by atoms with Gasteiger partial charge in [0.2, 0.25) is 5.91 Å². The van der Waals surface area contributed by atoms with Gasteiger partial charge in [0.25, 0.3) is 5.56 Å². The number of carbonyl (C=O) groups is 2. The maximum absolute atomic E-state index is 12.4. The summed E-state index contributed by atoms with van der Waals surface area (Å²) in [5.41, 5.74) is 1.40. The fourth-order valence-corrected chi connectivity index (χ4v) is 2.77. The van der Waals surface area contributed by atoms with Gasteiger partial charge in [0.1, 0.15) is 6.54 Å². The van der Waals surface area contributed by atoms with E-state index in [2.05, 4.69) is 10.3 Å². The molecule has 0 saturated heterocycles. The summed E-state index contributed by atoms with van der Waals surface area (Å²) >= 11 is 5.87. The highest BCUT2D eigenvalue weighted by Gasteiger charge is 2.14. The summed E-state index contributed by atoms with van der Waals surface area (Å²) in [6, 6.07) is 14.8. The predicted octanol–water partition coefficient (Wildman–Crippen LogP) is 3.38. The topological polar surface area (TPSA) is 90.3 Å². The molecule has 1 aromatic heterocycles. The first-order valence-corrected chi connectivity index (χ1v) is 9.24. The zero-order valence-electron chi connectivity index (χ0n) is 15.6. The number of ether oxygens (including phenoxy) is 1. The molecule has 0 saturated carbocycles. The van der Waals surface area contributed by atoms with Crippen LogP contribution in [-0.4, -0.2) is 28.0 Å². The molecule has 1 heterocycles. The van der Waals surface area contributed by atoms with Crippen LogP contribution in [0.1, 0.15) is 17.3 Å². The fraction of sp³-hybridized carbons (Fsp3) is 0.143. The van der Waals surface area contributed by atoms with E-state index in [1.165, 1.54) is 17.0 Å². The van der Waals surface area contributed by atoms with E-state index in [9.17, 15) is 14.4 Å². The fourth-order valence-electron chi connectivity index (χ4n) is 2.65. The van der Waals surface area contributed by atoms with E-state index in [4.69, 9.17) is 16.3 Å². The molecule has 7 nitrogen and oxygen atoms in total. The van der Waals surface area contributed by atoms with Crippen LogP contribution in [0.3, 0.4) is 0 Å². The van der Waals surface area contributed by atoms with Gasteiger partial charge in [0.05, 0.1) is 29.9 Å². The number of anilines is 1. The summed E-state index contributed by atoms with van der Waals surface area (Å²) in [7, 11) is 0. The Bertz CT molecular complexity index is 1090. The summed E-state index contributed by atoms with van der Waals surface area (Å²) in [6.45, 7) is 1.68. The zero-order chi connectivity index (χ0) is 20.8. The number of halogens is 1. The molecule has 3 rings (SSSR count). The second-order valence-electron chi connectivity index (χ2n) is 6.06. The Balaban J connectivity index is 1.74. The molecule has 0 aliphatic rings. The summed E-state index contributed by atoms with van der Waals surface area (Å²) in [5.74, 6) is -1.00. The number of esters is 1. The van der Waals surface area contributed by atoms with Crippen molar-refractivity contribution in [2.24, 2.45) is 0 Å². The number of nitrogens with one attached hydrogen (secondary N) is 1. The van der Waals surface area contributed by atoms with Gasteiger partial charge in [-0.3, -0.25) is 14.2 Å². The van der Waals surface area contributed by atoms with Gasteiger partial charge in [0, 0.05) is 16.7 Å². The summed E-state index contributed by atoms with van der Waals surface area (Å²) in [4.78, 5) is 41.0. The van der Waals surface area contributed by atoms with Gasteiger partial charge in [-0.05, 0) is 31.2 Å². The SMILES string of the molecule is CCOC(=O)c1ccccc1NC(=O)Cn1cnc(-c2ccc(Cl)cc2)cc1=O. The van der Waals surface area contributed by atoms with E-state index < -0.39 is 11.9 Å². The van der Waals surface area contributed by atoms with E-state index in [0.29, 0.717) is 16.4 Å². The van der Waals surface area contributed by atoms with Gasteiger partial charge in [0.15, 0.2) is 0 Å². The molecule has 0 atom stereocenters. The Hall–Kier alpha value is -3.45. The lowest BCUT2D eigenvalue weighted by atomic mass is 10.1. The van der Waals surface area contributed by atoms with Crippen LogP contribution in [0.5, 0.6) is 0 Å². The third kappa shape index (κ3) is 5.08. The molecule has 0 bridgehead atoms. The molecule has 0 radical (unpaired) electrons. The van der Waals surface area contributed by atoms with Crippen LogP contribution in [0.4, 0.5) is 5.69 Å². The van der Waals surface area contributed by atoms with Crippen molar-refractivity contribution in [1.82, 2.24) is 9.55 Å². The van der Waals surface area contributed by atoms with Crippen LogP contribution >= 0.6 is 11.6 Å². The largest absolute Gasteiger partial charge is 0.462 e. The molecular formula is C21H18ClN3O4. The minimum absolute atomic E-state index is 0.224. The number of hydrogen-bond acceptors (Lipinski definition) is 5. The molecule has 1 amide bonds. The lowest BCUT2D eigenvalue weighted by molar-refractivity contribution is -0.116. The smallest absolute Gasteiger partial charge is 0.340 e. The minimum Gasteiger partial charge on any atom is -0.462 e. The number of nitrogens with zero attached hydrogens (tertiary/aromatic N) is 2. The van der Waals surface area contributed by atoms with Crippen LogP contribution < -0.4 is 10.9 Å². The predicted molar refractivity (Wildman–Crippen MR) is 110 cm³/mol. The van der Waals surface area contributed by atoms with E-state index in [0.717, 1.165) is 5.56 Å². The van der Waals surface area contributed by atoms with Gasteiger partial charge in [-0.25, -0.2) is 9.78 Å². The van der Waals surface area contributed by atoms with E-state index in [1.807, 2.05) is 0 Å². The summed E-state index contributed by atoms with van der Waals surface area (Å²) in [6.07, 6.45) is 1.31. The van der Waals surface area contributed by atoms with Crippen LogP contribution in [0.25, 0.3) is 11.3 Å². The normalized spacial score (nSPS) is 10.4. The lowest BCUT2D eigenvalue weighted by Crippen LogP contribution is -2.28. The number of aromatic nitrogens is 2. The van der Waals surface area contributed by atoms with Gasteiger partial charge < -0.3 is 10.1 Å². The molecule has 3 aromatic rings. The zero-order valence-corrected chi connectivity index (χ0v) is 16.3. The Morgan fingerprint density at radius 2 is 1.86 bits per heavy atom. The molecular weight excluding hydrogens is 394 g/mol. The van der Waals surface area contributed by atoms with Crippen molar-refractivity contribution >= 4 is 29.2 Å². The molecule has 29 heavy (non-hydrogen) atoms. The van der Waals surface area contributed by atoms with E-state index in [1.54, 1.807) is 55.5 Å². The first-order chi connectivity index (χ1) is 14.0. The highest BCUT2D eigenvalue weighted by molar-refractivity contribution is 6.30. The van der Waals surface area contributed by atoms with Crippen molar-refractivity contribution in [2.75, 3.05) is 11.9 Å². The van der Waals surface area contributed by atoms with Crippen molar-refractivity contribution in [3.05, 3.63) is 81.9 Å². The van der Waals surface area contributed by atoms with Crippen LogP contribution in [0, 0.1) is 0 Å². The molecule has 0 unspecified atom stereocenters. The Morgan fingerprint density at radius 1 is 1.14 bits per heavy atom. The first-order valence-electron chi connectivity index (χ1n) is 8.86. The summed E-state index contributed by atoms with van der Waals surface area (Å²) in [5, 5.41) is 3.22. The highest BCUT2D eigenvalue weighted by Crippen LogP contribution is 2.18. The van der Waals surface area contributed by atoms with Crippen molar-refractivity contribution in [3.8, 4) is 11.3 Å². The third-order valence-electron chi connectivity index (χ3n) is 4.03. The molecule has 148 valence electrons. The van der Waals surface area contributed by atoms with Gasteiger partial charge in [-0.15, -0.1) is 0 Å². The average Bonchev–Trinajstić information content (AvgIpc) is 2.70. The monoisotopic (exact) mass is 411 g/mol. The Labute approximate surface area is 171 Å².